The first-order valence-electron chi connectivity index (χ1n) is 10.7. The number of carbonyl (C=O) groups is 2. The molecule has 7 heteroatoms. The van der Waals surface area contributed by atoms with Crippen LogP contribution in [0.3, 0.4) is 0 Å². The normalized spacial score (nSPS) is 15.4. The van der Waals surface area contributed by atoms with Crippen molar-refractivity contribution in [2.45, 2.75) is 11.8 Å². The van der Waals surface area contributed by atoms with Crippen molar-refractivity contribution in [1.82, 2.24) is 0 Å². The van der Waals surface area contributed by atoms with Gasteiger partial charge in [0.1, 0.15) is 11.1 Å². The summed E-state index contributed by atoms with van der Waals surface area (Å²) in [5, 5.41) is 2.84. The molecule has 1 N–H and O–H groups in total. The van der Waals surface area contributed by atoms with E-state index in [0.29, 0.717) is 11.4 Å². The van der Waals surface area contributed by atoms with Crippen molar-refractivity contribution >= 4 is 40.6 Å². The van der Waals surface area contributed by atoms with Crippen LogP contribution in [0.5, 0.6) is 5.75 Å². The van der Waals surface area contributed by atoms with Crippen molar-refractivity contribution < 1.29 is 14.3 Å². The molecule has 3 aromatic carbocycles. The molecule has 1 aliphatic heterocycles. The summed E-state index contributed by atoms with van der Waals surface area (Å²) in [5.74, 6) is 1.17. The molecule has 1 unspecified atom stereocenters. The third kappa shape index (κ3) is 5.31. The summed E-state index contributed by atoms with van der Waals surface area (Å²) in [6, 6.07) is 23.2. The Morgan fingerprint density at radius 1 is 1.09 bits per heavy atom. The van der Waals surface area contributed by atoms with Crippen molar-refractivity contribution in [2.24, 2.45) is 0 Å². The third-order valence-electron chi connectivity index (χ3n) is 5.49. The van der Waals surface area contributed by atoms with Gasteiger partial charge in [-0.1, -0.05) is 24.3 Å². The topological polar surface area (TPSA) is 61.9 Å². The average Bonchev–Trinajstić information content (AvgIpc) is 3.21. The van der Waals surface area contributed by atoms with Crippen LogP contribution in [0.1, 0.15) is 16.5 Å². The molecule has 0 aromatic heterocycles. The van der Waals surface area contributed by atoms with E-state index < -0.39 is 0 Å². The fourth-order valence-corrected chi connectivity index (χ4v) is 4.93. The van der Waals surface area contributed by atoms with E-state index in [4.69, 9.17) is 4.74 Å². The number of nitrogens with zero attached hydrogens (tertiary/aromatic N) is 2. The van der Waals surface area contributed by atoms with Crippen LogP contribution in [-0.2, 0) is 16.0 Å². The van der Waals surface area contributed by atoms with Gasteiger partial charge in [0.05, 0.1) is 19.3 Å². The van der Waals surface area contributed by atoms with E-state index in [1.54, 1.807) is 18.9 Å². The highest BCUT2D eigenvalue weighted by atomic mass is 32.2. The fraction of sp³-hybridized carbons (Fsp3) is 0.231. The fourth-order valence-electron chi connectivity index (χ4n) is 3.77. The molecule has 0 radical (unpaired) electrons. The van der Waals surface area contributed by atoms with Gasteiger partial charge in [-0.15, -0.1) is 11.8 Å². The third-order valence-corrected chi connectivity index (χ3v) is 6.70. The van der Waals surface area contributed by atoms with Crippen molar-refractivity contribution in [3.05, 3.63) is 83.9 Å². The monoisotopic (exact) mass is 461 g/mol. The minimum Gasteiger partial charge on any atom is -0.497 e. The number of nitrogens with one attached hydrogen (secondary N) is 1. The summed E-state index contributed by atoms with van der Waals surface area (Å²) in [7, 11) is 5.59. The molecule has 170 valence electrons. The van der Waals surface area contributed by atoms with Crippen LogP contribution in [0.4, 0.5) is 17.1 Å². The largest absolute Gasteiger partial charge is 0.497 e. The van der Waals surface area contributed by atoms with E-state index in [0.717, 1.165) is 28.3 Å². The summed E-state index contributed by atoms with van der Waals surface area (Å²) in [4.78, 5) is 29.1. The lowest BCUT2D eigenvalue weighted by Gasteiger charge is -2.25. The molecule has 3 aromatic rings. The second-order valence-electron chi connectivity index (χ2n) is 8.04. The summed E-state index contributed by atoms with van der Waals surface area (Å²) in [6.45, 7) is 0. The zero-order valence-corrected chi connectivity index (χ0v) is 19.8. The first-order valence-corrected chi connectivity index (χ1v) is 11.7. The van der Waals surface area contributed by atoms with Crippen molar-refractivity contribution in [3.63, 3.8) is 0 Å². The first kappa shape index (κ1) is 22.7. The highest BCUT2D eigenvalue weighted by Crippen LogP contribution is 2.42. The molecule has 0 saturated carbocycles. The van der Waals surface area contributed by atoms with Crippen molar-refractivity contribution in [1.29, 1.82) is 0 Å². The molecule has 2 amide bonds. The Balaban J connectivity index is 1.48. The number of hydrogen-bond donors (Lipinski definition) is 1. The van der Waals surface area contributed by atoms with Gasteiger partial charge < -0.3 is 15.0 Å². The Hall–Kier alpha value is -3.45. The number of thioether (sulfide) groups is 1. The lowest BCUT2D eigenvalue weighted by molar-refractivity contribution is -0.116. The average molecular weight is 462 g/mol. The molecule has 1 atom stereocenters. The Kier molecular flexibility index (Phi) is 6.89. The minimum atomic E-state index is -0.138. The maximum atomic E-state index is 12.7. The number of methoxy groups -OCH3 is 1. The van der Waals surface area contributed by atoms with E-state index in [1.807, 2.05) is 96.7 Å². The zero-order valence-electron chi connectivity index (χ0n) is 18.9. The van der Waals surface area contributed by atoms with Crippen LogP contribution in [0.25, 0.3) is 0 Å². The van der Waals surface area contributed by atoms with Gasteiger partial charge in [-0.05, 0) is 59.7 Å². The minimum absolute atomic E-state index is 0.0801. The quantitative estimate of drug-likeness (QED) is 0.552. The van der Waals surface area contributed by atoms with Crippen molar-refractivity contribution in [3.8, 4) is 5.75 Å². The van der Waals surface area contributed by atoms with E-state index in [-0.39, 0.29) is 23.6 Å². The van der Waals surface area contributed by atoms with Crippen LogP contribution >= 0.6 is 11.8 Å². The molecule has 4 rings (SSSR count). The molecule has 0 aliphatic carbocycles. The van der Waals surface area contributed by atoms with Gasteiger partial charge in [0.15, 0.2) is 0 Å². The Labute approximate surface area is 198 Å². The number of anilines is 3. The number of rotatable bonds is 7. The summed E-state index contributed by atoms with van der Waals surface area (Å²) < 4.78 is 5.16. The lowest BCUT2D eigenvalue weighted by atomic mass is 10.1. The van der Waals surface area contributed by atoms with Gasteiger partial charge in [0, 0.05) is 31.2 Å². The predicted octanol–water partition coefficient (Wildman–Crippen LogP) is 4.72. The number of amides is 2. The van der Waals surface area contributed by atoms with Gasteiger partial charge in [-0.25, -0.2) is 0 Å². The summed E-state index contributed by atoms with van der Waals surface area (Å²) in [5.41, 5.74) is 4.55. The lowest BCUT2D eigenvalue weighted by Crippen LogP contribution is -2.28. The van der Waals surface area contributed by atoms with Crippen LogP contribution in [0.2, 0.25) is 0 Å². The molecule has 1 fully saturated rings. The van der Waals surface area contributed by atoms with Gasteiger partial charge in [-0.2, -0.15) is 0 Å². The van der Waals surface area contributed by atoms with E-state index >= 15 is 0 Å². The van der Waals surface area contributed by atoms with Crippen LogP contribution in [0, 0.1) is 0 Å². The predicted molar refractivity (Wildman–Crippen MR) is 135 cm³/mol. The molecule has 0 bridgehead atoms. The van der Waals surface area contributed by atoms with Crippen LogP contribution < -0.4 is 19.9 Å². The van der Waals surface area contributed by atoms with Gasteiger partial charge >= 0.3 is 0 Å². The standard InChI is InChI=1S/C26H27N3O3S/c1-28(2)21-9-11-22(12-10-21)29-25(31)17-33-26(29)19-5-4-6-20(16-19)27-24(30)15-18-7-13-23(32-3)14-8-18/h4-14,16,26H,15,17H2,1-3H3,(H,27,30). The Morgan fingerprint density at radius 3 is 2.48 bits per heavy atom. The van der Waals surface area contributed by atoms with Gasteiger partial charge in [-0.3, -0.25) is 14.5 Å². The Morgan fingerprint density at radius 2 is 1.82 bits per heavy atom. The molecule has 33 heavy (non-hydrogen) atoms. The maximum Gasteiger partial charge on any atom is 0.238 e. The Bertz CT molecular complexity index is 1130. The molecular formula is C26H27N3O3S. The van der Waals surface area contributed by atoms with E-state index in [2.05, 4.69) is 5.32 Å². The number of ether oxygens (including phenoxy) is 1. The highest BCUT2D eigenvalue weighted by Gasteiger charge is 2.34. The second-order valence-corrected chi connectivity index (χ2v) is 9.10. The molecule has 1 aliphatic rings. The maximum absolute atomic E-state index is 12.7. The van der Waals surface area contributed by atoms with Crippen LogP contribution in [0.15, 0.2) is 72.8 Å². The van der Waals surface area contributed by atoms with Gasteiger partial charge in [0.25, 0.3) is 0 Å². The first-order chi connectivity index (χ1) is 15.9. The van der Waals surface area contributed by atoms with E-state index in [1.165, 1.54) is 0 Å². The highest BCUT2D eigenvalue weighted by molar-refractivity contribution is 8.00. The smallest absolute Gasteiger partial charge is 0.238 e. The van der Waals surface area contributed by atoms with E-state index in [9.17, 15) is 9.59 Å². The second kappa shape index (κ2) is 10.0. The number of carbonyl (C=O) groups excluding carboxylic acids is 2. The SMILES string of the molecule is COc1ccc(CC(=O)Nc2cccc(C3SCC(=O)N3c3ccc(N(C)C)cc3)c2)cc1. The van der Waals surface area contributed by atoms with Gasteiger partial charge in [0.2, 0.25) is 11.8 Å². The van der Waals surface area contributed by atoms with Crippen LogP contribution in [-0.4, -0.2) is 38.8 Å². The zero-order chi connectivity index (χ0) is 23.4. The van der Waals surface area contributed by atoms with Crippen molar-refractivity contribution in [2.75, 3.05) is 42.1 Å². The molecule has 6 nitrogen and oxygen atoms in total. The number of hydrogen-bond acceptors (Lipinski definition) is 5. The molecule has 1 heterocycles. The summed E-state index contributed by atoms with van der Waals surface area (Å²) >= 11 is 1.59. The molecular weight excluding hydrogens is 434 g/mol. The molecule has 1 saturated heterocycles. The molecule has 0 spiro atoms. The number of benzene rings is 3. The summed E-state index contributed by atoms with van der Waals surface area (Å²) in [6.07, 6.45) is 0.273.